The van der Waals surface area contributed by atoms with E-state index >= 15 is 0 Å². The van der Waals surface area contributed by atoms with E-state index in [0.29, 0.717) is 6.04 Å². The van der Waals surface area contributed by atoms with E-state index < -0.39 is 0 Å². The van der Waals surface area contributed by atoms with Gasteiger partial charge in [-0.15, -0.1) is 5.10 Å². The highest BCUT2D eigenvalue weighted by Gasteiger charge is 2.36. The van der Waals surface area contributed by atoms with Gasteiger partial charge in [0.15, 0.2) is 5.82 Å². The van der Waals surface area contributed by atoms with Crippen LogP contribution in [0.5, 0.6) is 0 Å². The van der Waals surface area contributed by atoms with Crippen molar-refractivity contribution in [1.29, 1.82) is 0 Å². The summed E-state index contributed by atoms with van der Waals surface area (Å²) in [7, 11) is 0. The zero-order chi connectivity index (χ0) is 14.3. The first-order chi connectivity index (χ1) is 9.43. The summed E-state index contributed by atoms with van der Waals surface area (Å²) < 4.78 is 0. The van der Waals surface area contributed by atoms with Crippen molar-refractivity contribution in [3.8, 4) is 0 Å². The van der Waals surface area contributed by atoms with Gasteiger partial charge in [0.1, 0.15) is 0 Å². The molecule has 0 atom stereocenters. The number of carbonyl (C=O) groups excluding carboxylic acids is 1. The van der Waals surface area contributed by atoms with Gasteiger partial charge in [-0.1, -0.05) is 20.8 Å². The van der Waals surface area contributed by atoms with Gasteiger partial charge in [-0.25, -0.2) is 0 Å². The van der Waals surface area contributed by atoms with E-state index in [0.717, 1.165) is 37.4 Å². The van der Waals surface area contributed by atoms with Gasteiger partial charge in [0.25, 0.3) is 0 Å². The van der Waals surface area contributed by atoms with Gasteiger partial charge in [0.2, 0.25) is 5.91 Å². The van der Waals surface area contributed by atoms with E-state index in [2.05, 4.69) is 41.2 Å². The Bertz CT molecular complexity index is 496. The Balaban J connectivity index is 1.55. The minimum atomic E-state index is 0.0210. The summed E-state index contributed by atoms with van der Waals surface area (Å²) in [5, 5.41) is 11.6. The Morgan fingerprint density at radius 3 is 2.45 bits per heavy atom. The van der Waals surface area contributed by atoms with Crippen LogP contribution < -0.4 is 10.2 Å². The number of rotatable bonds is 3. The quantitative estimate of drug-likeness (QED) is 0.907. The molecule has 108 valence electrons. The molecule has 0 bridgehead atoms. The fourth-order valence-electron chi connectivity index (χ4n) is 2.27. The maximum Gasteiger partial charge on any atom is 0.226 e. The number of nitrogens with one attached hydrogen (secondary N) is 1. The zero-order valence-corrected chi connectivity index (χ0v) is 12.4. The SMILES string of the molecule is CC(C)(C)c1ccc(N2CC(C(=O)NC3CC3)C2)nn1. The first kappa shape index (κ1) is 13.3. The van der Waals surface area contributed by atoms with E-state index in [1.807, 2.05) is 12.1 Å². The number of aromatic nitrogens is 2. The van der Waals surface area contributed by atoms with Gasteiger partial charge in [0.05, 0.1) is 11.6 Å². The lowest BCUT2D eigenvalue weighted by Gasteiger charge is -2.38. The number of anilines is 1. The third kappa shape index (κ3) is 2.76. The largest absolute Gasteiger partial charge is 0.353 e. The predicted molar refractivity (Wildman–Crippen MR) is 77.6 cm³/mol. The van der Waals surface area contributed by atoms with E-state index in [4.69, 9.17) is 0 Å². The first-order valence-corrected chi connectivity index (χ1v) is 7.33. The highest BCUT2D eigenvalue weighted by atomic mass is 16.2. The molecule has 1 amide bonds. The van der Waals surface area contributed by atoms with Gasteiger partial charge in [0, 0.05) is 24.5 Å². The molecule has 1 saturated heterocycles. The molecule has 0 aromatic carbocycles. The fourth-order valence-corrected chi connectivity index (χ4v) is 2.27. The van der Waals surface area contributed by atoms with Crippen LogP contribution >= 0.6 is 0 Å². The van der Waals surface area contributed by atoms with E-state index in [1.165, 1.54) is 0 Å². The van der Waals surface area contributed by atoms with Crippen LogP contribution in [0.2, 0.25) is 0 Å². The molecular weight excluding hydrogens is 252 g/mol. The highest BCUT2D eigenvalue weighted by molar-refractivity contribution is 5.82. The lowest BCUT2D eigenvalue weighted by Crippen LogP contribution is -2.54. The molecule has 1 aliphatic carbocycles. The van der Waals surface area contributed by atoms with Crippen LogP contribution in [0.25, 0.3) is 0 Å². The maximum atomic E-state index is 11.9. The third-order valence-electron chi connectivity index (χ3n) is 3.92. The van der Waals surface area contributed by atoms with Gasteiger partial charge >= 0.3 is 0 Å². The van der Waals surface area contributed by atoms with Crippen LogP contribution in [0.3, 0.4) is 0 Å². The van der Waals surface area contributed by atoms with Crippen LogP contribution in [0.4, 0.5) is 5.82 Å². The van der Waals surface area contributed by atoms with Gasteiger partial charge in [-0.2, -0.15) is 5.10 Å². The van der Waals surface area contributed by atoms with E-state index in [9.17, 15) is 4.79 Å². The molecule has 1 aromatic rings. The Morgan fingerprint density at radius 2 is 1.95 bits per heavy atom. The summed E-state index contributed by atoms with van der Waals surface area (Å²) in [6.45, 7) is 7.87. The molecule has 3 rings (SSSR count). The summed E-state index contributed by atoms with van der Waals surface area (Å²) in [5.74, 6) is 1.18. The molecule has 1 aliphatic heterocycles. The second kappa shape index (κ2) is 4.72. The summed E-state index contributed by atoms with van der Waals surface area (Å²) in [6, 6.07) is 4.48. The molecule has 2 fully saturated rings. The standard InChI is InChI=1S/C15H22N4O/c1-15(2,3)12-6-7-13(18-17-12)19-8-10(9-19)14(20)16-11-4-5-11/h6-7,10-11H,4-5,8-9H2,1-3H3,(H,16,20). The summed E-state index contributed by atoms with van der Waals surface area (Å²) in [5.41, 5.74) is 1.01. The van der Waals surface area contributed by atoms with Crippen molar-refractivity contribution in [2.24, 2.45) is 5.92 Å². The molecule has 5 nitrogen and oxygen atoms in total. The van der Waals surface area contributed by atoms with Crippen molar-refractivity contribution in [1.82, 2.24) is 15.5 Å². The molecule has 0 unspecified atom stereocenters. The average molecular weight is 274 g/mol. The van der Waals surface area contributed by atoms with Crippen molar-refractivity contribution in [2.45, 2.75) is 45.1 Å². The number of hydrogen-bond donors (Lipinski definition) is 1. The molecular formula is C15H22N4O. The smallest absolute Gasteiger partial charge is 0.226 e. The summed E-state index contributed by atoms with van der Waals surface area (Å²) >= 11 is 0. The molecule has 1 saturated carbocycles. The van der Waals surface area contributed by atoms with Crippen LogP contribution in [0, 0.1) is 5.92 Å². The van der Waals surface area contributed by atoms with E-state index in [1.54, 1.807) is 0 Å². The molecule has 2 heterocycles. The predicted octanol–water partition coefficient (Wildman–Crippen LogP) is 1.49. The van der Waals surface area contributed by atoms with Crippen molar-refractivity contribution >= 4 is 11.7 Å². The monoisotopic (exact) mass is 274 g/mol. The Labute approximate surface area is 119 Å². The number of nitrogens with zero attached hydrogens (tertiary/aromatic N) is 3. The summed E-state index contributed by atoms with van der Waals surface area (Å²) in [4.78, 5) is 14.0. The van der Waals surface area contributed by atoms with Crippen molar-refractivity contribution in [3.05, 3.63) is 17.8 Å². The van der Waals surface area contributed by atoms with Crippen molar-refractivity contribution in [3.63, 3.8) is 0 Å². The van der Waals surface area contributed by atoms with E-state index in [-0.39, 0.29) is 17.2 Å². The molecule has 0 radical (unpaired) electrons. The van der Waals surface area contributed by atoms with Crippen LogP contribution in [-0.2, 0) is 10.2 Å². The topological polar surface area (TPSA) is 58.1 Å². The Hall–Kier alpha value is -1.65. The second-order valence-electron chi connectivity index (χ2n) is 6.91. The number of amides is 1. The summed E-state index contributed by atoms with van der Waals surface area (Å²) in [6.07, 6.45) is 2.28. The van der Waals surface area contributed by atoms with Gasteiger partial charge in [-0.05, 0) is 25.0 Å². The van der Waals surface area contributed by atoms with Crippen LogP contribution in [0.1, 0.15) is 39.3 Å². The molecule has 0 spiro atoms. The zero-order valence-electron chi connectivity index (χ0n) is 12.4. The molecule has 20 heavy (non-hydrogen) atoms. The minimum absolute atomic E-state index is 0.0210. The number of carbonyl (C=O) groups is 1. The minimum Gasteiger partial charge on any atom is -0.353 e. The normalized spacial score (nSPS) is 19.6. The molecule has 1 aromatic heterocycles. The number of hydrogen-bond acceptors (Lipinski definition) is 4. The lowest BCUT2D eigenvalue weighted by molar-refractivity contribution is -0.125. The lowest BCUT2D eigenvalue weighted by atomic mass is 9.92. The molecule has 1 N–H and O–H groups in total. The van der Waals surface area contributed by atoms with Crippen LogP contribution in [-0.4, -0.2) is 35.2 Å². The Kier molecular flexibility index (Phi) is 3.15. The maximum absolute atomic E-state index is 11.9. The highest BCUT2D eigenvalue weighted by Crippen LogP contribution is 2.26. The Morgan fingerprint density at radius 1 is 1.25 bits per heavy atom. The third-order valence-corrected chi connectivity index (χ3v) is 3.92. The first-order valence-electron chi connectivity index (χ1n) is 7.33. The van der Waals surface area contributed by atoms with Gasteiger partial charge in [-0.3, -0.25) is 4.79 Å². The fraction of sp³-hybridized carbons (Fsp3) is 0.667. The van der Waals surface area contributed by atoms with Gasteiger partial charge < -0.3 is 10.2 Å². The second-order valence-corrected chi connectivity index (χ2v) is 6.91. The molecule has 5 heteroatoms. The average Bonchev–Trinajstić information content (AvgIpc) is 3.10. The molecule has 2 aliphatic rings. The van der Waals surface area contributed by atoms with Crippen molar-refractivity contribution < 1.29 is 4.79 Å². The van der Waals surface area contributed by atoms with Crippen LogP contribution in [0.15, 0.2) is 12.1 Å². The van der Waals surface area contributed by atoms with Crippen molar-refractivity contribution in [2.75, 3.05) is 18.0 Å².